The maximum atomic E-state index is 11.4. The van der Waals surface area contributed by atoms with Crippen molar-refractivity contribution in [2.45, 2.75) is 45.1 Å². The Balaban J connectivity index is 2.32. The van der Waals surface area contributed by atoms with Crippen LogP contribution in [0.1, 0.15) is 39.0 Å². The minimum Gasteiger partial charge on any atom is -0.393 e. The summed E-state index contributed by atoms with van der Waals surface area (Å²) < 4.78 is 0. The molecule has 0 saturated heterocycles. The Morgan fingerprint density at radius 1 is 1.25 bits per heavy atom. The van der Waals surface area contributed by atoms with Crippen molar-refractivity contribution in [2.24, 2.45) is 0 Å². The summed E-state index contributed by atoms with van der Waals surface area (Å²) in [7, 11) is 0. The maximum Gasteiger partial charge on any atom is 0.182 e. The Morgan fingerprint density at radius 2 is 2.00 bits per heavy atom. The fraction of sp³-hybridized carbons (Fsp3) is 0.538. The van der Waals surface area contributed by atoms with Gasteiger partial charge in [-0.2, -0.15) is 0 Å². The Labute approximate surface area is 95.9 Å². The standard InChI is InChI=1S/C13H18O3/c1-2-4-11(14)6-3-5-10-9-12(15)7-8-13(10)16/h7-9,11,14H,2-6H2,1H3. The zero-order valence-corrected chi connectivity index (χ0v) is 9.61. The molecule has 0 fully saturated rings. The number of carbonyl (C=O) groups excluding carboxylic acids is 2. The average Bonchev–Trinajstić information content (AvgIpc) is 2.23. The van der Waals surface area contributed by atoms with E-state index in [0.29, 0.717) is 18.4 Å². The zero-order valence-electron chi connectivity index (χ0n) is 9.61. The van der Waals surface area contributed by atoms with E-state index in [1.807, 2.05) is 6.92 Å². The van der Waals surface area contributed by atoms with Crippen molar-refractivity contribution in [1.82, 2.24) is 0 Å². The van der Waals surface area contributed by atoms with E-state index < -0.39 is 0 Å². The van der Waals surface area contributed by atoms with Gasteiger partial charge < -0.3 is 5.11 Å². The summed E-state index contributed by atoms with van der Waals surface area (Å²) in [4.78, 5) is 22.4. The lowest BCUT2D eigenvalue weighted by atomic mass is 9.97. The van der Waals surface area contributed by atoms with Gasteiger partial charge in [-0.3, -0.25) is 9.59 Å². The highest BCUT2D eigenvalue weighted by molar-refractivity contribution is 6.17. The van der Waals surface area contributed by atoms with Gasteiger partial charge in [-0.1, -0.05) is 13.3 Å². The Hall–Kier alpha value is -1.22. The first-order valence-corrected chi connectivity index (χ1v) is 5.78. The fourth-order valence-corrected chi connectivity index (χ4v) is 1.76. The van der Waals surface area contributed by atoms with Crippen molar-refractivity contribution in [2.75, 3.05) is 0 Å². The molecule has 0 spiro atoms. The van der Waals surface area contributed by atoms with Crippen LogP contribution in [0, 0.1) is 0 Å². The molecule has 3 nitrogen and oxygen atoms in total. The van der Waals surface area contributed by atoms with Crippen molar-refractivity contribution in [3.05, 3.63) is 23.8 Å². The van der Waals surface area contributed by atoms with E-state index in [2.05, 4.69) is 0 Å². The number of hydrogen-bond donors (Lipinski definition) is 1. The third-order valence-corrected chi connectivity index (χ3v) is 2.64. The Morgan fingerprint density at radius 3 is 2.69 bits per heavy atom. The topological polar surface area (TPSA) is 54.4 Å². The Bertz CT molecular complexity index is 326. The van der Waals surface area contributed by atoms with Gasteiger partial charge >= 0.3 is 0 Å². The van der Waals surface area contributed by atoms with E-state index in [9.17, 15) is 14.7 Å². The predicted octanol–water partition coefficient (Wildman–Crippen LogP) is 1.95. The minimum atomic E-state index is -0.282. The molecule has 88 valence electrons. The van der Waals surface area contributed by atoms with Crippen LogP contribution < -0.4 is 0 Å². The fourth-order valence-electron chi connectivity index (χ4n) is 1.76. The van der Waals surface area contributed by atoms with Gasteiger partial charge in [0.2, 0.25) is 0 Å². The van der Waals surface area contributed by atoms with Crippen molar-refractivity contribution in [3.8, 4) is 0 Å². The van der Waals surface area contributed by atoms with E-state index in [4.69, 9.17) is 0 Å². The molecule has 0 amide bonds. The van der Waals surface area contributed by atoms with Gasteiger partial charge in [-0.25, -0.2) is 0 Å². The zero-order chi connectivity index (χ0) is 12.0. The molecule has 16 heavy (non-hydrogen) atoms. The maximum absolute atomic E-state index is 11.4. The van der Waals surface area contributed by atoms with Crippen LogP contribution >= 0.6 is 0 Å². The van der Waals surface area contributed by atoms with Crippen LogP contribution in [0.15, 0.2) is 23.8 Å². The molecule has 1 rings (SSSR count). The molecule has 0 radical (unpaired) electrons. The summed E-state index contributed by atoms with van der Waals surface area (Å²) in [6.45, 7) is 2.03. The smallest absolute Gasteiger partial charge is 0.182 e. The van der Waals surface area contributed by atoms with Crippen molar-refractivity contribution in [3.63, 3.8) is 0 Å². The summed E-state index contributed by atoms with van der Waals surface area (Å²) in [5.41, 5.74) is 0.566. The predicted molar refractivity (Wildman–Crippen MR) is 62.0 cm³/mol. The van der Waals surface area contributed by atoms with Gasteiger partial charge in [0.15, 0.2) is 11.6 Å². The number of hydrogen-bond acceptors (Lipinski definition) is 3. The largest absolute Gasteiger partial charge is 0.393 e. The first-order valence-electron chi connectivity index (χ1n) is 5.78. The summed E-state index contributed by atoms with van der Waals surface area (Å²) >= 11 is 0. The second-order valence-electron chi connectivity index (χ2n) is 4.10. The van der Waals surface area contributed by atoms with Gasteiger partial charge in [0.05, 0.1) is 6.10 Å². The van der Waals surface area contributed by atoms with Crippen LogP contribution in [-0.4, -0.2) is 22.8 Å². The van der Waals surface area contributed by atoms with E-state index in [-0.39, 0.29) is 17.7 Å². The van der Waals surface area contributed by atoms with Gasteiger partial charge in [-0.15, -0.1) is 0 Å². The van der Waals surface area contributed by atoms with Crippen LogP contribution in [-0.2, 0) is 9.59 Å². The molecule has 3 heteroatoms. The second kappa shape index (κ2) is 6.38. The third kappa shape index (κ3) is 4.11. The molecule has 0 aliphatic heterocycles. The van der Waals surface area contributed by atoms with E-state index in [1.54, 1.807) is 0 Å². The first-order chi connectivity index (χ1) is 7.63. The molecular weight excluding hydrogens is 204 g/mol. The second-order valence-corrected chi connectivity index (χ2v) is 4.10. The summed E-state index contributed by atoms with van der Waals surface area (Å²) in [5.74, 6) is -0.201. The van der Waals surface area contributed by atoms with Crippen LogP contribution in [0.2, 0.25) is 0 Å². The normalized spacial score (nSPS) is 17.5. The Kier molecular flexibility index (Phi) is 5.12. The molecule has 0 heterocycles. The number of allylic oxidation sites excluding steroid dienone is 4. The number of rotatable bonds is 6. The first kappa shape index (κ1) is 12.8. The summed E-state index contributed by atoms with van der Waals surface area (Å²) in [5, 5.41) is 9.51. The SMILES string of the molecule is CCCC(O)CCCC1=CC(=O)C=CC1=O. The van der Waals surface area contributed by atoms with Gasteiger partial charge in [0.25, 0.3) is 0 Å². The molecule has 1 atom stereocenters. The number of aliphatic hydroxyl groups excluding tert-OH is 1. The van der Waals surface area contributed by atoms with Crippen molar-refractivity contribution < 1.29 is 14.7 Å². The molecule has 0 aromatic heterocycles. The molecule has 1 N–H and O–H groups in total. The highest BCUT2D eigenvalue weighted by atomic mass is 16.3. The lowest BCUT2D eigenvalue weighted by Crippen LogP contribution is -2.09. The molecule has 0 aromatic rings. The molecule has 0 saturated carbocycles. The van der Waals surface area contributed by atoms with Crippen molar-refractivity contribution >= 4 is 11.6 Å². The van der Waals surface area contributed by atoms with Crippen LogP contribution in [0.3, 0.4) is 0 Å². The molecule has 1 aliphatic carbocycles. The summed E-state index contributed by atoms with van der Waals surface area (Å²) in [6, 6.07) is 0. The molecule has 0 bridgehead atoms. The monoisotopic (exact) mass is 222 g/mol. The van der Waals surface area contributed by atoms with Gasteiger partial charge in [-0.05, 0) is 43.9 Å². The number of aliphatic hydroxyl groups is 1. The molecule has 0 aromatic carbocycles. The van der Waals surface area contributed by atoms with Crippen LogP contribution in [0.25, 0.3) is 0 Å². The molecular formula is C13H18O3. The third-order valence-electron chi connectivity index (χ3n) is 2.64. The highest BCUT2D eigenvalue weighted by Gasteiger charge is 2.13. The minimum absolute atomic E-state index is 0.0791. The number of ketones is 2. The highest BCUT2D eigenvalue weighted by Crippen LogP contribution is 2.15. The van der Waals surface area contributed by atoms with E-state index >= 15 is 0 Å². The average molecular weight is 222 g/mol. The van der Waals surface area contributed by atoms with Gasteiger partial charge in [0.1, 0.15) is 0 Å². The van der Waals surface area contributed by atoms with E-state index in [0.717, 1.165) is 19.3 Å². The lowest BCUT2D eigenvalue weighted by molar-refractivity contribution is -0.114. The van der Waals surface area contributed by atoms with Crippen LogP contribution in [0.5, 0.6) is 0 Å². The lowest BCUT2D eigenvalue weighted by Gasteiger charge is -2.10. The van der Waals surface area contributed by atoms with Crippen LogP contribution in [0.4, 0.5) is 0 Å². The van der Waals surface area contributed by atoms with Gasteiger partial charge in [0, 0.05) is 5.57 Å². The quantitative estimate of drug-likeness (QED) is 0.699. The van der Waals surface area contributed by atoms with Crippen molar-refractivity contribution in [1.29, 1.82) is 0 Å². The molecule has 1 aliphatic rings. The molecule has 1 unspecified atom stereocenters. The van der Waals surface area contributed by atoms with E-state index in [1.165, 1.54) is 18.2 Å². The summed E-state index contributed by atoms with van der Waals surface area (Å²) in [6.07, 6.45) is 7.50. The number of carbonyl (C=O) groups is 2.